The van der Waals surface area contributed by atoms with Crippen molar-refractivity contribution in [3.05, 3.63) is 34.7 Å². The molecule has 4 nitrogen and oxygen atoms in total. The fourth-order valence-electron chi connectivity index (χ4n) is 1.81. The Bertz CT molecular complexity index is 537. The van der Waals surface area contributed by atoms with E-state index in [-0.39, 0.29) is 6.16 Å². The molecular formula is C13H17O4PS. The van der Waals surface area contributed by atoms with E-state index < -0.39 is 7.60 Å². The van der Waals surface area contributed by atoms with Crippen LogP contribution in [0.5, 0.6) is 0 Å². The molecule has 0 saturated heterocycles. The molecule has 0 unspecified atom stereocenters. The number of hydrogen-bond donors (Lipinski definition) is 0. The molecule has 2 heterocycles. The highest BCUT2D eigenvalue weighted by molar-refractivity contribution is 7.53. The summed E-state index contributed by atoms with van der Waals surface area (Å²) >= 11 is 1.53. The first-order chi connectivity index (χ1) is 9.18. The Morgan fingerprint density at radius 1 is 1.26 bits per heavy atom. The molecule has 0 radical (unpaired) electrons. The van der Waals surface area contributed by atoms with Crippen molar-refractivity contribution in [2.75, 3.05) is 13.2 Å². The van der Waals surface area contributed by atoms with E-state index in [1.54, 1.807) is 6.26 Å². The van der Waals surface area contributed by atoms with Gasteiger partial charge in [-0.25, -0.2) is 0 Å². The van der Waals surface area contributed by atoms with Crippen LogP contribution >= 0.6 is 18.9 Å². The lowest BCUT2D eigenvalue weighted by molar-refractivity contribution is 0.219. The Kier molecular flexibility index (Phi) is 4.99. The van der Waals surface area contributed by atoms with Crippen LogP contribution in [0.1, 0.15) is 18.7 Å². The van der Waals surface area contributed by atoms with E-state index in [4.69, 9.17) is 13.5 Å². The standard InChI is InChI=1S/C13H17O4PS/c1-3-16-18(14,17-4-2)10-13-11(7-9-19-13)12-6-5-8-15-12/h5-9H,3-4,10H2,1-2H3. The van der Waals surface area contributed by atoms with Gasteiger partial charge in [-0.1, -0.05) is 0 Å². The zero-order valence-corrected chi connectivity index (χ0v) is 12.7. The molecule has 0 bridgehead atoms. The second-order valence-electron chi connectivity index (χ2n) is 3.84. The molecule has 0 fully saturated rings. The van der Waals surface area contributed by atoms with Gasteiger partial charge in [-0.05, 0) is 37.4 Å². The zero-order valence-electron chi connectivity index (χ0n) is 11.0. The maximum Gasteiger partial charge on any atom is 0.335 e. The van der Waals surface area contributed by atoms with Gasteiger partial charge in [0.05, 0.1) is 25.6 Å². The van der Waals surface area contributed by atoms with Crippen molar-refractivity contribution in [3.8, 4) is 11.3 Å². The summed E-state index contributed by atoms with van der Waals surface area (Å²) in [5.41, 5.74) is 0.953. The van der Waals surface area contributed by atoms with Crippen molar-refractivity contribution in [3.63, 3.8) is 0 Å². The van der Waals surface area contributed by atoms with Crippen LogP contribution in [0.25, 0.3) is 11.3 Å². The topological polar surface area (TPSA) is 48.7 Å². The fraction of sp³-hybridized carbons (Fsp3) is 0.385. The lowest BCUT2D eigenvalue weighted by Gasteiger charge is -2.16. The molecule has 0 aliphatic heterocycles. The third kappa shape index (κ3) is 3.57. The Morgan fingerprint density at radius 3 is 2.58 bits per heavy atom. The monoisotopic (exact) mass is 300 g/mol. The summed E-state index contributed by atoms with van der Waals surface area (Å²) in [7, 11) is -3.07. The van der Waals surface area contributed by atoms with E-state index in [0.717, 1.165) is 16.2 Å². The van der Waals surface area contributed by atoms with Crippen molar-refractivity contribution >= 4 is 18.9 Å². The summed E-state index contributed by atoms with van der Waals surface area (Å²) < 4.78 is 28.6. The Balaban J connectivity index is 2.23. The van der Waals surface area contributed by atoms with Crippen LogP contribution < -0.4 is 0 Å². The van der Waals surface area contributed by atoms with Crippen molar-refractivity contribution in [2.45, 2.75) is 20.0 Å². The number of thiophene rings is 1. The molecule has 2 rings (SSSR count). The maximum atomic E-state index is 12.5. The number of furan rings is 1. The molecule has 0 N–H and O–H groups in total. The quantitative estimate of drug-likeness (QED) is 0.691. The molecular weight excluding hydrogens is 283 g/mol. The summed E-state index contributed by atoms with van der Waals surface area (Å²) in [6, 6.07) is 5.68. The summed E-state index contributed by atoms with van der Waals surface area (Å²) in [6.45, 7) is 4.37. The molecule has 0 amide bonds. The van der Waals surface area contributed by atoms with Gasteiger partial charge in [0.2, 0.25) is 0 Å². The Hall–Kier alpha value is -0.870. The minimum absolute atomic E-state index is 0.280. The van der Waals surface area contributed by atoms with Crippen LogP contribution in [0, 0.1) is 0 Å². The molecule has 104 valence electrons. The van der Waals surface area contributed by atoms with Crippen LogP contribution in [-0.2, 0) is 19.8 Å². The molecule has 2 aromatic heterocycles. The highest BCUT2D eigenvalue weighted by Gasteiger charge is 2.26. The van der Waals surface area contributed by atoms with Gasteiger partial charge >= 0.3 is 7.60 Å². The minimum Gasteiger partial charge on any atom is -0.464 e. The smallest absolute Gasteiger partial charge is 0.335 e. The van der Waals surface area contributed by atoms with Crippen molar-refractivity contribution in [1.29, 1.82) is 0 Å². The third-order valence-electron chi connectivity index (χ3n) is 2.52. The molecule has 0 aromatic carbocycles. The van der Waals surface area contributed by atoms with Crippen molar-refractivity contribution in [1.82, 2.24) is 0 Å². The summed E-state index contributed by atoms with van der Waals surface area (Å²) in [5.74, 6) is 0.774. The van der Waals surface area contributed by atoms with Gasteiger partial charge in [0.1, 0.15) is 5.76 Å². The first kappa shape index (κ1) is 14.5. The van der Waals surface area contributed by atoms with Gasteiger partial charge in [-0.15, -0.1) is 11.3 Å². The number of rotatable bonds is 7. The van der Waals surface area contributed by atoms with Gasteiger partial charge in [0, 0.05) is 10.4 Å². The lowest BCUT2D eigenvalue weighted by atomic mass is 10.2. The molecule has 6 heteroatoms. The largest absolute Gasteiger partial charge is 0.464 e. The Labute approximate surface area is 116 Å². The van der Waals surface area contributed by atoms with E-state index in [1.165, 1.54) is 11.3 Å². The van der Waals surface area contributed by atoms with Crippen molar-refractivity contribution in [2.24, 2.45) is 0 Å². The van der Waals surface area contributed by atoms with Crippen LogP contribution in [0.3, 0.4) is 0 Å². The third-order valence-corrected chi connectivity index (χ3v) is 5.66. The average Bonchev–Trinajstić information content (AvgIpc) is 2.99. The molecule has 19 heavy (non-hydrogen) atoms. The number of hydrogen-bond acceptors (Lipinski definition) is 5. The second-order valence-corrected chi connectivity index (χ2v) is 6.89. The van der Waals surface area contributed by atoms with Crippen LogP contribution in [0.2, 0.25) is 0 Å². The predicted octanol–water partition coefficient (Wildman–Crippen LogP) is 4.77. The minimum atomic E-state index is -3.07. The highest BCUT2D eigenvalue weighted by atomic mass is 32.1. The van der Waals surface area contributed by atoms with Crippen LogP contribution in [-0.4, -0.2) is 13.2 Å². The Morgan fingerprint density at radius 2 is 2.00 bits per heavy atom. The lowest BCUT2D eigenvalue weighted by Crippen LogP contribution is -1.98. The summed E-state index contributed by atoms with van der Waals surface area (Å²) in [5, 5.41) is 1.95. The van der Waals surface area contributed by atoms with E-state index in [9.17, 15) is 4.57 Å². The molecule has 0 aliphatic rings. The normalized spacial score (nSPS) is 11.9. The predicted molar refractivity (Wildman–Crippen MR) is 76.6 cm³/mol. The first-order valence-corrected chi connectivity index (χ1v) is 8.77. The van der Waals surface area contributed by atoms with Crippen LogP contribution in [0.15, 0.2) is 34.3 Å². The molecule has 0 atom stereocenters. The maximum absolute atomic E-state index is 12.5. The highest BCUT2D eigenvalue weighted by Crippen LogP contribution is 2.53. The van der Waals surface area contributed by atoms with Crippen LogP contribution in [0.4, 0.5) is 0 Å². The van der Waals surface area contributed by atoms with Gasteiger partial charge in [-0.2, -0.15) is 0 Å². The van der Waals surface area contributed by atoms with E-state index in [2.05, 4.69) is 0 Å². The summed E-state index contributed by atoms with van der Waals surface area (Å²) in [4.78, 5) is 0.959. The van der Waals surface area contributed by atoms with E-state index in [1.807, 2.05) is 37.4 Å². The zero-order chi connectivity index (χ0) is 13.7. The fourth-order valence-corrected chi connectivity index (χ4v) is 4.81. The average molecular weight is 300 g/mol. The molecule has 0 spiro atoms. The van der Waals surface area contributed by atoms with Gasteiger partial charge in [-0.3, -0.25) is 4.57 Å². The SMILES string of the molecule is CCOP(=O)(Cc1sccc1-c1ccco1)OCC. The van der Waals surface area contributed by atoms with Gasteiger partial charge in [0.25, 0.3) is 0 Å². The van der Waals surface area contributed by atoms with E-state index in [0.29, 0.717) is 13.2 Å². The van der Waals surface area contributed by atoms with Gasteiger partial charge < -0.3 is 13.5 Å². The van der Waals surface area contributed by atoms with Gasteiger partial charge in [0.15, 0.2) is 0 Å². The molecule has 2 aromatic rings. The first-order valence-electron chi connectivity index (χ1n) is 6.17. The molecule has 0 saturated carbocycles. The van der Waals surface area contributed by atoms with Crippen molar-refractivity contribution < 1.29 is 18.0 Å². The van der Waals surface area contributed by atoms with E-state index >= 15 is 0 Å². The molecule has 0 aliphatic carbocycles. The second kappa shape index (κ2) is 6.53. The summed E-state index contributed by atoms with van der Waals surface area (Å²) in [6.07, 6.45) is 1.91.